The highest BCUT2D eigenvalue weighted by Gasteiger charge is 2.03. The number of rotatable bonds is 3. The molecule has 0 atom stereocenters. The highest BCUT2D eigenvalue weighted by atomic mass is 35.5. The second kappa shape index (κ2) is 5.76. The van der Waals surface area contributed by atoms with Crippen LogP contribution >= 0.6 is 23.2 Å². The molecule has 3 rings (SSSR count). The molecule has 6 heteroatoms. The van der Waals surface area contributed by atoms with E-state index in [4.69, 9.17) is 23.2 Å². The van der Waals surface area contributed by atoms with E-state index in [0.717, 1.165) is 11.0 Å². The molecule has 2 N–H and O–H groups in total. The molecule has 0 bridgehead atoms. The van der Waals surface area contributed by atoms with Gasteiger partial charge in [0.2, 0.25) is 5.95 Å². The van der Waals surface area contributed by atoms with Gasteiger partial charge in [0.15, 0.2) is 0 Å². The number of anilines is 1. The van der Waals surface area contributed by atoms with Crippen molar-refractivity contribution in [2.45, 2.75) is 6.92 Å². The van der Waals surface area contributed by atoms with Gasteiger partial charge < -0.3 is 4.98 Å². The fraction of sp³-hybridized carbons (Fsp3) is 0.0667. The molecule has 0 aliphatic heterocycles. The van der Waals surface area contributed by atoms with Gasteiger partial charge in [0.25, 0.3) is 0 Å². The van der Waals surface area contributed by atoms with E-state index in [1.54, 1.807) is 24.4 Å². The van der Waals surface area contributed by atoms with Crippen molar-refractivity contribution in [3.8, 4) is 0 Å². The minimum absolute atomic E-state index is 0.549. The summed E-state index contributed by atoms with van der Waals surface area (Å²) in [5, 5.41) is 5.21. The summed E-state index contributed by atoms with van der Waals surface area (Å²) in [4.78, 5) is 7.53. The van der Waals surface area contributed by atoms with E-state index in [2.05, 4.69) is 20.5 Å². The Hall–Kier alpha value is -2.04. The van der Waals surface area contributed by atoms with Crippen LogP contribution in [0.15, 0.2) is 41.5 Å². The third-order valence-corrected chi connectivity index (χ3v) is 3.66. The lowest BCUT2D eigenvalue weighted by atomic mass is 10.2. The van der Waals surface area contributed by atoms with Crippen LogP contribution in [-0.4, -0.2) is 16.2 Å². The van der Waals surface area contributed by atoms with Gasteiger partial charge in [0.05, 0.1) is 27.3 Å². The summed E-state index contributed by atoms with van der Waals surface area (Å²) in [5.74, 6) is 0.565. The number of aryl methyl sites for hydroxylation is 1. The van der Waals surface area contributed by atoms with Crippen LogP contribution in [-0.2, 0) is 0 Å². The van der Waals surface area contributed by atoms with Crippen LogP contribution < -0.4 is 5.43 Å². The summed E-state index contributed by atoms with van der Waals surface area (Å²) in [6, 6.07) is 11.3. The van der Waals surface area contributed by atoms with Crippen molar-refractivity contribution < 1.29 is 0 Å². The molecule has 106 valence electrons. The summed E-state index contributed by atoms with van der Waals surface area (Å²) in [6.45, 7) is 2.03. The SMILES string of the molecule is Cc1ccc2nc(N/N=C\c3c(Cl)cccc3Cl)[nH]c2c1. The number of nitrogens with zero attached hydrogens (tertiary/aromatic N) is 2. The van der Waals surface area contributed by atoms with Gasteiger partial charge in [-0.1, -0.05) is 35.3 Å². The van der Waals surface area contributed by atoms with Crippen LogP contribution in [0.4, 0.5) is 5.95 Å². The normalized spacial score (nSPS) is 11.4. The molecule has 0 amide bonds. The Kier molecular flexibility index (Phi) is 3.82. The third kappa shape index (κ3) is 3.01. The summed E-state index contributed by atoms with van der Waals surface area (Å²) in [5.41, 5.74) is 6.52. The molecule has 0 spiro atoms. The largest absolute Gasteiger partial charge is 0.323 e. The van der Waals surface area contributed by atoms with Crippen molar-refractivity contribution in [1.29, 1.82) is 0 Å². The van der Waals surface area contributed by atoms with Crippen molar-refractivity contribution in [3.05, 3.63) is 57.6 Å². The molecule has 3 aromatic rings. The number of nitrogens with one attached hydrogen (secondary N) is 2. The zero-order valence-electron chi connectivity index (χ0n) is 11.2. The number of halogens is 2. The molecule has 1 aromatic heterocycles. The highest BCUT2D eigenvalue weighted by Crippen LogP contribution is 2.22. The van der Waals surface area contributed by atoms with Gasteiger partial charge in [0, 0.05) is 5.56 Å². The van der Waals surface area contributed by atoms with Gasteiger partial charge in [-0.15, -0.1) is 0 Å². The summed E-state index contributed by atoms with van der Waals surface area (Å²) < 4.78 is 0. The second-order valence-corrected chi connectivity index (χ2v) is 5.43. The summed E-state index contributed by atoms with van der Waals surface area (Å²) >= 11 is 12.1. The molecule has 0 fully saturated rings. The molecule has 4 nitrogen and oxygen atoms in total. The maximum Gasteiger partial charge on any atom is 0.222 e. The Morgan fingerprint density at radius 3 is 2.71 bits per heavy atom. The van der Waals surface area contributed by atoms with Gasteiger partial charge in [-0.05, 0) is 36.8 Å². The summed E-state index contributed by atoms with van der Waals surface area (Å²) in [7, 11) is 0. The predicted molar refractivity (Wildman–Crippen MR) is 88.5 cm³/mol. The molecule has 0 aliphatic rings. The molecule has 0 aliphatic carbocycles. The number of hydrogen-bond acceptors (Lipinski definition) is 3. The first-order valence-electron chi connectivity index (χ1n) is 6.33. The fourth-order valence-corrected chi connectivity index (χ4v) is 2.46. The standard InChI is InChI=1S/C15H12Cl2N4/c1-9-5-6-13-14(7-9)20-15(19-13)21-18-8-10-11(16)3-2-4-12(10)17/h2-8H,1H3,(H2,19,20,21)/b18-8-. The molecule has 1 heterocycles. The monoisotopic (exact) mass is 318 g/mol. The zero-order valence-corrected chi connectivity index (χ0v) is 12.7. The van der Waals surface area contributed by atoms with Gasteiger partial charge in [-0.25, -0.2) is 10.4 Å². The average molecular weight is 319 g/mol. The van der Waals surface area contributed by atoms with E-state index in [1.165, 1.54) is 5.56 Å². The predicted octanol–water partition coefficient (Wildman–Crippen LogP) is 4.62. The third-order valence-electron chi connectivity index (χ3n) is 3.00. The summed E-state index contributed by atoms with van der Waals surface area (Å²) in [6.07, 6.45) is 1.57. The first-order valence-corrected chi connectivity index (χ1v) is 7.08. The van der Waals surface area contributed by atoms with Crippen LogP contribution in [0.1, 0.15) is 11.1 Å². The van der Waals surface area contributed by atoms with Crippen LogP contribution in [0.5, 0.6) is 0 Å². The molecule has 2 aromatic carbocycles. The van der Waals surface area contributed by atoms with E-state index in [9.17, 15) is 0 Å². The van der Waals surface area contributed by atoms with Crippen molar-refractivity contribution in [1.82, 2.24) is 9.97 Å². The van der Waals surface area contributed by atoms with Crippen molar-refractivity contribution in [2.75, 3.05) is 5.43 Å². The van der Waals surface area contributed by atoms with Crippen molar-refractivity contribution >= 4 is 46.4 Å². The van der Waals surface area contributed by atoms with Gasteiger partial charge in [0.1, 0.15) is 0 Å². The Morgan fingerprint density at radius 2 is 1.95 bits per heavy atom. The molecule has 0 saturated heterocycles. The van der Waals surface area contributed by atoms with Gasteiger partial charge in [-0.3, -0.25) is 0 Å². The van der Waals surface area contributed by atoms with Crippen molar-refractivity contribution in [2.24, 2.45) is 5.10 Å². The van der Waals surface area contributed by atoms with Crippen molar-refractivity contribution in [3.63, 3.8) is 0 Å². The number of H-pyrrole nitrogens is 1. The number of aromatic nitrogens is 2. The van der Waals surface area contributed by atoms with Crippen LogP contribution in [0.25, 0.3) is 11.0 Å². The molecule has 0 saturated carbocycles. The maximum absolute atomic E-state index is 6.07. The van der Waals surface area contributed by atoms with E-state index < -0.39 is 0 Å². The number of imidazole rings is 1. The zero-order chi connectivity index (χ0) is 14.8. The Bertz CT molecular complexity index is 803. The Balaban J connectivity index is 1.81. The molecule has 0 radical (unpaired) electrons. The van der Waals surface area contributed by atoms with Crippen LogP contribution in [0.3, 0.4) is 0 Å². The number of hydrogen-bond donors (Lipinski definition) is 2. The lowest BCUT2D eigenvalue weighted by Gasteiger charge is -2.00. The number of benzene rings is 2. The average Bonchev–Trinajstić information content (AvgIpc) is 2.84. The maximum atomic E-state index is 6.07. The van der Waals surface area contributed by atoms with Crippen LogP contribution in [0, 0.1) is 6.92 Å². The fourth-order valence-electron chi connectivity index (χ4n) is 1.97. The molecule has 21 heavy (non-hydrogen) atoms. The van der Waals surface area contributed by atoms with E-state index in [0.29, 0.717) is 21.6 Å². The van der Waals surface area contributed by atoms with E-state index >= 15 is 0 Å². The Labute approximate surface area is 131 Å². The molecular weight excluding hydrogens is 307 g/mol. The topological polar surface area (TPSA) is 53.1 Å². The Morgan fingerprint density at radius 1 is 1.19 bits per heavy atom. The first kappa shape index (κ1) is 13.9. The number of hydrazone groups is 1. The van der Waals surface area contributed by atoms with Crippen LogP contribution in [0.2, 0.25) is 10.0 Å². The van der Waals surface area contributed by atoms with Gasteiger partial charge in [-0.2, -0.15) is 5.10 Å². The minimum Gasteiger partial charge on any atom is -0.323 e. The lowest BCUT2D eigenvalue weighted by Crippen LogP contribution is -1.93. The quantitative estimate of drug-likeness (QED) is 0.546. The van der Waals surface area contributed by atoms with Gasteiger partial charge >= 0.3 is 0 Å². The lowest BCUT2D eigenvalue weighted by molar-refractivity contribution is 1.21. The first-order chi connectivity index (χ1) is 10.1. The molecular formula is C15H12Cl2N4. The van der Waals surface area contributed by atoms with E-state index in [1.807, 2.05) is 25.1 Å². The second-order valence-electron chi connectivity index (χ2n) is 4.61. The van der Waals surface area contributed by atoms with E-state index in [-0.39, 0.29) is 0 Å². The molecule has 0 unspecified atom stereocenters. The number of aromatic amines is 1. The minimum atomic E-state index is 0.549. The highest BCUT2D eigenvalue weighted by molar-refractivity contribution is 6.38. The smallest absolute Gasteiger partial charge is 0.222 e. The number of fused-ring (bicyclic) bond motifs is 1.